The fourth-order valence-electron chi connectivity index (χ4n) is 1.90. The average Bonchev–Trinajstić information content (AvgIpc) is 2.82. The summed E-state index contributed by atoms with van der Waals surface area (Å²) in [5.74, 6) is 0.366. The summed E-state index contributed by atoms with van der Waals surface area (Å²) in [6.07, 6.45) is 1.02. The lowest BCUT2D eigenvalue weighted by Gasteiger charge is -2.21. The molecule has 2 unspecified atom stereocenters. The topological polar surface area (TPSA) is 45.4 Å². The van der Waals surface area contributed by atoms with Gasteiger partial charge in [0.25, 0.3) is 0 Å². The highest BCUT2D eigenvalue weighted by molar-refractivity contribution is 6.18. The number of halogens is 1. The van der Waals surface area contributed by atoms with Gasteiger partial charge in [0, 0.05) is 11.3 Å². The second-order valence-electron chi connectivity index (χ2n) is 3.98. The minimum atomic E-state index is -0.623. The summed E-state index contributed by atoms with van der Waals surface area (Å²) in [6, 6.07) is 7.45. The van der Waals surface area contributed by atoms with Crippen LogP contribution in [0.1, 0.15) is 18.6 Å². The van der Waals surface area contributed by atoms with Gasteiger partial charge < -0.3 is 14.8 Å². The van der Waals surface area contributed by atoms with Gasteiger partial charge in [-0.1, -0.05) is 19.1 Å². The number of hydrogen-bond acceptors (Lipinski definition) is 3. The molecule has 1 aromatic carbocycles. The summed E-state index contributed by atoms with van der Waals surface area (Å²) in [7, 11) is 0. The Labute approximate surface area is 105 Å². The minimum Gasteiger partial charge on any atom is -0.464 e. The number of rotatable bonds is 5. The molecule has 0 saturated heterocycles. The van der Waals surface area contributed by atoms with Crippen LogP contribution in [-0.4, -0.2) is 23.6 Å². The summed E-state index contributed by atoms with van der Waals surface area (Å²) < 4.78 is 5.32. The van der Waals surface area contributed by atoms with Crippen LogP contribution in [0.3, 0.4) is 0 Å². The Balaban J connectivity index is 2.24. The predicted octanol–water partition coefficient (Wildman–Crippen LogP) is 2.68. The summed E-state index contributed by atoms with van der Waals surface area (Å²) in [6.45, 7) is 2.76. The third-order valence-corrected chi connectivity index (χ3v) is 3.17. The van der Waals surface area contributed by atoms with Crippen molar-refractivity contribution in [2.24, 2.45) is 0 Å². The van der Waals surface area contributed by atoms with Gasteiger partial charge in [-0.2, -0.15) is 0 Å². The van der Waals surface area contributed by atoms with Crippen molar-refractivity contribution in [2.75, 3.05) is 12.4 Å². The number of alkyl halides is 1. The summed E-state index contributed by atoms with van der Waals surface area (Å²) in [5.41, 5.74) is 1.60. The van der Waals surface area contributed by atoms with Gasteiger partial charge >= 0.3 is 0 Å². The SMILES string of the molecule is CCNC(CCl)C(O)c1ccc2ccoc2c1. The highest BCUT2D eigenvalue weighted by Crippen LogP contribution is 2.23. The van der Waals surface area contributed by atoms with E-state index in [1.54, 1.807) is 6.26 Å². The highest BCUT2D eigenvalue weighted by atomic mass is 35.5. The summed E-state index contributed by atoms with van der Waals surface area (Å²) >= 11 is 5.84. The zero-order chi connectivity index (χ0) is 12.3. The van der Waals surface area contributed by atoms with Gasteiger partial charge in [-0.05, 0) is 24.2 Å². The first-order valence-electron chi connectivity index (χ1n) is 5.70. The molecular weight excluding hydrogens is 238 g/mol. The fraction of sp³-hybridized carbons (Fsp3) is 0.385. The van der Waals surface area contributed by atoms with Crippen LogP contribution in [0.2, 0.25) is 0 Å². The summed E-state index contributed by atoms with van der Waals surface area (Å²) in [5, 5.41) is 14.4. The lowest BCUT2D eigenvalue weighted by Crippen LogP contribution is -2.36. The van der Waals surface area contributed by atoms with Crippen LogP contribution >= 0.6 is 11.6 Å². The Morgan fingerprint density at radius 2 is 2.24 bits per heavy atom. The maximum absolute atomic E-state index is 10.2. The summed E-state index contributed by atoms with van der Waals surface area (Å²) in [4.78, 5) is 0. The number of fused-ring (bicyclic) bond motifs is 1. The van der Waals surface area contributed by atoms with Crippen molar-refractivity contribution in [1.82, 2.24) is 5.32 Å². The molecule has 1 aromatic heterocycles. The van der Waals surface area contributed by atoms with E-state index in [-0.39, 0.29) is 6.04 Å². The third kappa shape index (κ3) is 2.63. The Bertz CT molecular complexity index is 483. The monoisotopic (exact) mass is 253 g/mol. The van der Waals surface area contributed by atoms with Gasteiger partial charge in [0.15, 0.2) is 0 Å². The molecule has 0 bridgehead atoms. The number of likely N-dealkylation sites (N-methyl/N-ethyl adjacent to an activating group) is 1. The van der Waals surface area contributed by atoms with E-state index in [1.807, 2.05) is 31.2 Å². The quantitative estimate of drug-likeness (QED) is 0.806. The predicted molar refractivity (Wildman–Crippen MR) is 69.4 cm³/mol. The Morgan fingerprint density at radius 1 is 1.41 bits per heavy atom. The fourth-order valence-corrected chi connectivity index (χ4v) is 2.18. The highest BCUT2D eigenvalue weighted by Gasteiger charge is 2.19. The molecule has 0 saturated carbocycles. The van der Waals surface area contributed by atoms with Crippen molar-refractivity contribution in [2.45, 2.75) is 19.1 Å². The molecule has 0 amide bonds. The Kier molecular flexibility index (Phi) is 4.05. The molecule has 0 aliphatic carbocycles. The van der Waals surface area contributed by atoms with E-state index in [0.29, 0.717) is 5.88 Å². The molecule has 1 heterocycles. The molecule has 92 valence electrons. The number of furan rings is 1. The molecule has 2 N–H and O–H groups in total. The zero-order valence-corrected chi connectivity index (χ0v) is 10.4. The van der Waals surface area contributed by atoms with Gasteiger partial charge in [-0.15, -0.1) is 11.6 Å². The maximum Gasteiger partial charge on any atom is 0.134 e. The Hall–Kier alpha value is -1.03. The zero-order valence-electron chi connectivity index (χ0n) is 9.69. The smallest absolute Gasteiger partial charge is 0.134 e. The normalized spacial score (nSPS) is 15.0. The van der Waals surface area contributed by atoms with Gasteiger partial charge in [0.05, 0.1) is 18.4 Å². The molecule has 0 radical (unpaired) electrons. The average molecular weight is 254 g/mol. The van der Waals surface area contributed by atoms with Crippen molar-refractivity contribution in [3.8, 4) is 0 Å². The van der Waals surface area contributed by atoms with E-state index in [2.05, 4.69) is 5.32 Å². The number of aliphatic hydroxyl groups excluding tert-OH is 1. The van der Waals surface area contributed by atoms with Crippen LogP contribution in [0.5, 0.6) is 0 Å². The van der Waals surface area contributed by atoms with E-state index < -0.39 is 6.10 Å². The molecular formula is C13H16ClNO2. The van der Waals surface area contributed by atoms with Crippen LogP contribution in [0.15, 0.2) is 34.9 Å². The lowest BCUT2D eigenvalue weighted by atomic mass is 10.0. The maximum atomic E-state index is 10.2. The largest absolute Gasteiger partial charge is 0.464 e. The molecule has 2 atom stereocenters. The number of benzene rings is 1. The first-order valence-corrected chi connectivity index (χ1v) is 6.24. The van der Waals surface area contributed by atoms with E-state index in [0.717, 1.165) is 23.1 Å². The van der Waals surface area contributed by atoms with Crippen molar-refractivity contribution < 1.29 is 9.52 Å². The molecule has 2 aromatic rings. The van der Waals surface area contributed by atoms with Crippen LogP contribution in [-0.2, 0) is 0 Å². The molecule has 0 aliphatic heterocycles. The third-order valence-electron chi connectivity index (χ3n) is 2.84. The van der Waals surface area contributed by atoms with Crippen molar-refractivity contribution in [1.29, 1.82) is 0 Å². The van der Waals surface area contributed by atoms with Crippen LogP contribution < -0.4 is 5.32 Å². The minimum absolute atomic E-state index is 0.144. The number of aliphatic hydroxyl groups is 1. The van der Waals surface area contributed by atoms with E-state index >= 15 is 0 Å². The van der Waals surface area contributed by atoms with E-state index in [1.165, 1.54) is 0 Å². The molecule has 0 aliphatic rings. The van der Waals surface area contributed by atoms with E-state index in [4.69, 9.17) is 16.0 Å². The molecule has 4 heteroatoms. The van der Waals surface area contributed by atoms with E-state index in [9.17, 15) is 5.11 Å². The van der Waals surface area contributed by atoms with Gasteiger partial charge in [-0.25, -0.2) is 0 Å². The van der Waals surface area contributed by atoms with Crippen molar-refractivity contribution in [3.05, 3.63) is 36.1 Å². The second-order valence-corrected chi connectivity index (χ2v) is 4.29. The first-order chi connectivity index (χ1) is 8.26. The molecule has 3 nitrogen and oxygen atoms in total. The van der Waals surface area contributed by atoms with Crippen molar-refractivity contribution >= 4 is 22.6 Å². The van der Waals surface area contributed by atoms with Gasteiger partial charge in [0.1, 0.15) is 5.58 Å². The number of hydrogen-bond donors (Lipinski definition) is 2. The van der Waals surface area contributed by atoms with Crippen molar-refractivity contribution in [3.63, 3.8) is 0 Å². The molecule has 17 heavy (non-hydrogen) atoms. The second kappa shape index (κ2) is 5.54. The van der Waals surface area contributed by atoms with Gasteiger partial charge in [0.2, 0.25) is 0 Å². The van der Waals surface area contributed by atoms with Crippen LogP contribution in [0.4, 0.5) is 0 Å². The molecule has 0 spiro atoms. The standard InChI is InChI=1S/C13H16ClNO2/c1-2-15-11(8-14)13(16)10-4-3-9-5-6-17-12(9)7-10/h3-7,11,13,15-16H,2,8H2,1H3. The van der Waals surface area contributed by atoms with Crippen LogP contribution in [0.25, 0.3) is 11.0 Å². The lowest BCUT2D eigenvalue weighted by molar-refractivity contribution is 0.138. The Morgan fingerprint density at radius 3 is 2.94 bits per heavy atom. The molecule has 2 rings (SSSR count). The van der Waals surface area contributed by atoms with Gasteiger partial charge in [-0.3, -0.25) is 0 Å². The van der Waals surface area contributed by atoms with Crippen LogP contribution in [0, 0.1) is 0 Å². The molecule has 0 fully saturated rings. The first kappa shape index (κ1) is 12.4. The number of nitrogens with one attached hydrogen (secondary N) is 1.